The molecule has 0 bridgehead atoms. The highest BCUT2D eigenvalue weighted by Crippen LogP contribution is 2.41. The van der Waals surface area contributed by atoms with Gasteiger partial charge in [0, 0.05) is 28.2 Å². The molecule has 2 heterocycles. The van der Waals surface area contributed by atoms with Gasteiger partial charge >= 0.3 is 5.97 Å². The number of thiazole rings is 1. The Kier molecular flexibility index (Phi) is 8.55. The molecule has 0 unspecified atom stereocenters. The number of rotatable bonds is 7. The predicted molar refractivity (Wildman–Crippen MR) is 133 cm³/mol. The quantitative estimate of drug-likeness (QED) is 0.318. The number of hydrogen-bond donors (Lipinski definition) is 2. The molecule has 6 nitrogen and oxygen atoms in total. The highest BCUT2D eigenvalue weighted by Gasteiger charge is 2.43. The lowest BCUT2D eigenvalue weighted by molar-refractivity contribution is -0.152. The first-order valence-electron chi connectivity index (χ1n) is 10.0. The first kappa shape index (κ1) is 25.7. The van der Waals surface area contributed by atoms with Crippen molar-refractivity contribution in [2.24, 2.45) is 5.41 Å². The van der Waals surface area contributed by atoms with Gasteiger partial charge in [-0.3, -0.25) is 4.79 Å². The van der Waals surface area contributed by atoms with Gasteiger partial charge in [-0.25, -0.2) is 14.4 Å². The highest BCUT2D eigenvalue weighted by atomic mass is 79.9. The summed E-state index contributed by atoms with van der Waals surface area (Å²) in [5.41, 5.74) is -0.292. The molecule has 11 heteroatoms. The van der Waals surface area contributed by atoms with Crippen LogP contribution < -0.4 is 10.1 Å². The Morgan fingerprint density at radius 1 is 1.36 bits per heavy atom. The number of carbonyl (C=O) groups is 1. The summed E-state index contributed by atoms with van der Waals surface area (Å²) in [7, 11) is 0. The van der Waals surface area contributed by atoms with Crippen molar-refractivity contribution < 1.29 is 19.0 Å². The van der Waals surface area contributed by atoms with Crippen LogP contribution in [0, 0.1) is 11.2 Å². The van der Waals surface area contributed by atoms with E-state index in [-0.39, 0.29) is 35.7 Å². The van der Waals surface area contributed by atoms with Crippen LogP contribution in [0.25, 0.3) is 0 Å². The summed E-state index contributed by atoms with van der Waals surface area (Å²) < 4.78 is 20.8. The Labute approximate surface area is 214 Å². The highest BCUT2D eigenvalue weighted by molar-refractivity contribution is 9.10. The summed E-state index contributed by atoms with van der Waals surface area (Å²) in [5, 5.41) is 15.8. The third-order valence-corrected chi connectivity index (χ3v) is 7.02. The molecule has 1 aliphatic carbocycles. The van der Waals surface area contributed by atoms with Crippen LogP contribution in [0.5, 0.6) is 5.75 Å². The lowest BCUT2D eigenvalue weighted by atomic mass is 9.70. The van der Waals surface area contributed by atoms with Crippen LogP contribution in [0.1, 0.15) is 31.4 Å². The molecule has 1 aliphatic rings. The van der Waals surface area contributed by atoms with Crippen molar-refractivity contribution in [2.45, 2.75) is 38.2 Å². The van der Waals surface area contributed by atoms with Crippen LogP contribution in [0.15, 0.2) is 46.4 Å². The molecule has 2 N–H and O–H groups in total. The van der Waals surface area contributed by atoms with E-state index in [0.717, 1.165) is 4.47 Å². The number of benzene rings is 1. The van der Waals surface area contributed by atoms with Crippen LogP contribution in [0.3, 0.4) is 0 Å². The number of aromatic nitrogens is 2. The number of pyridine rings is 1. The molecule has 1 fully saturated rings. The summed E-state index contributed by atoms with van der Waals surface area (Å²) in [4.78, 5) is 21.1. The third kappa shape index (κ3) is 6.15. The molecule has 3 aromatic rings. The van der Waals surface area contributed by atoms with Crippen LogP contribution in [0.4, 0.5) is 15.3 Å². The van der Waals surface area contributed by atoms with Gasteiger partial charge in [0.15, 0.2) is 16.7 Å². The smallest absolute Gasteiger partial charge is 0.310 e. The van der Waals surface area contributed by atoms with E-state index < -0.39 is 17.2 Å². The molecule has 0 radical (unpaired) electrons. The minimum absolute atomic E-state index is 0. The second-order valence-electron chi connectivity index (χ2n) is 7.76. The van der Waals surface area contributed by atoms with Crippen molar-refractivity contribution in [2.75, 3.05) is 5.32 Å². The van der Waals surface area contributed by atoms with E-state index in [1.165, 1.54) is 23.5 Å². The van der Waals surface area contributed by atoms with E-state index in [9.17, 15) is 14.3 Å². The Hall–Kier alpha value is -1.94. The number of halogens is 4. The number of ether oxygens (including phenoxy) is 1. The van der Waals surface area contributed by atoms with E-state index in [4.69, 9.17) is 16.3 Å². The fourth-order valence-electron chi connectivity index (χ4n) is 3.93. The summed E-state index contributed by atoms with van der Waals surface area (Å²) in [5.74, 6) is -0.765. The van der Waals surface area contributed by atoms with Crippen LogP contribution >= 0.6 is 51.3 Å². The Balaban J connectivity index is 0.00000306. The molecule has 0 spiro atoms. The zero-order chi connectivity index (χ0) is 22.7. The Morgan fingerprint density at radius 2 is 2.12 bits per heavy atom. The maximum absolute atomic E-state index is 14.2. The summed E-state index contributed by atoms with van der Waals surface area (Å²) in [6.07, 6.45) is 3.51. The first-order chi connectivity index (χ1) is 15.3. The molecule has 176 valence electrons. The number of carboxylic acids is 1. The van der Waals surface area contributed by atoms with Crippen molar-refractivity contribution in [1.82, 2.24) is 9.97 Å². The maximum atomic E-state index is 14.2. The number of hydrogen-bond acceptors (Lipinski definition) is 6. The van der Waals surface area contributed by atoms with Crippen molar-refractivity contribution >= 4 is 68.2 Å². The van der Waals surface area contributed by atoms with Crippen LogP contribution in [-0.4, -0.2) is 27.1 Å². The number of carboxylic acid groups (broad SMARTS) is 1. The van der Waals surface area contributed by atoms with Crippen molar-refractivity contribution in [3.8, 4) is 5.75 Å². The molecule has 0 atom stereocenters. The molecule has 2 aromatic heterocycles. The number of aliphatic carboxylic acids is 1. The maximum Gasteiger partial charge on any atom is 0.310 e. The van der Waals surface area contributed by atoms with Gasteiger partial charge in [0.1, 0.15) is 5.82 Å². The molecule has 0 amide bonds. The lowest BCUT2D eigenvalue weighted by Crippen LogP contribution is -2.40. The van der Waals surface area contributed by atoms with Gasteiger partial charge < -0.3 is 15.2 Å². The van der Waals surface area contributed by atoms with Crippen molar-refractivity contribution in [1.29, 1.82) is 0 Å². The van der Waals surface area contributed by atoms with Gasteiger partial charge in [-0.15, -0.1) is 23.7 Å². The Morgan fingerprint density at radius 3 is 2.79 bits per heavy atom. The summed E-state index contributed by atoms with van der Waals surface area (Å²) in [6.45, 7) is 0. The number of nitrogens with one attached hydrogen (secondary N) is 1. The van der Waals surface area contributed by atoms with E-state index in [0.29, 0.717) is 42.3 Å². The average Bonchev–Trinajstić information content (AvgIpc) is 3.25. The largest absolute Gasteiger partial charge is 0.487 e. The van der Waals surface area contributed by atoms with Gasteiger partial charge in [0.2, 0.25) is 0 Å². The topological polar surface area (TPSA) is 84.3 Å². The molecule has 33 heavy (non-hydrogen) atoms. The third-order valence-electron chi connectivity index (χ3n) is 5.58. The van der Waals surface area contributed by atoms with Crippen molar-refractivity contribution in [3.05, 3.63) is 62.9 Å². The lowest BCUT2D eigenvalue weighted by Gasteiger charge is -2.36. The van der Waals surface area contributed by atoms with E-state index in [1.807, 2.05) is 17.5 Å². The van der Waals surface area contributed by atoms with E-state index in [1.54, 1.807) is 12.3 Å². The van der Waals surface area contributed by atoms with Gasteiger partial charge in [0.05, 0.1) is 16.5 Å². The van der Waals surface area contributed by atoms with Crippen LogP contribution in [0.2, 0.25) is 5.02 Å². The fourth-order valence-corrected chi connectivity index (χ4v) is 5.11. The standard InChI is InChI=1S/C22H20BrClFN3O3S.ClH/c23-13-10-14(27-18(11-13)28-21-26-8-9-32-21)12-22(20(29)30)6-4-15(5-7-22)31-17-3-1-2-16(24)19(17)25;/h1-3,8-11,15H,4-7,12H2,(H,29,30)(H,26,27,28);1H/t15-,22-;. The van der Waals surface area contributed by atoms with Crippen molar-refractivity contribution in [3.63, 3.8) is 0 Å². The molecular weight excluding hydrogens is 556 g/mol. The average molecular weight is 577 g/mol. The number of nitrogens with zero attached hydrogens (tertiary/aromatic N) is 2. The van der Waals surface area contributed by atoms with Gasteiger partial charge in [-0.05, 0) is 49.9 Å². The second kappa shape index (κ2) is 11.0. The minimum Gasteiger partial charge on any atom is -0.487 e. The number of anilines is 2. The Bertz CT molecular complexity index is 1110. The minimum atomic E-state index is -0.959. The molecule has 1 saturated carbocycles. The predicted octanol–water partition coefficient (Wildman–Crippen LogP) is 6.89. The normalized spacial score (nSPS) is 20.0. The first-order valence-corrected chi connectivity index (χ1v) is 12.1. The molecule has 4 rings (SSSR count). The van der Waals surface area contributed by atoms with E-state index in [2.05, 4.69) is 31.2 Å². The molecule has 0 aliphatic heterocycles. The van der Waals surface area contributed by atoms with Gasteiger partial charge in [-0.2, -0.15) is 0 Å². The molecule has 1 aromatic carbocycles. The monoisotopic (exact) mass is 575 g/mol. The molecule has 0 saturated heterocycles. The SMILES string of the molecule is Cl.O=C(O)[C@]1(Cc2cc(Br)cc(Nc3nccs3)n2)CC[C@@H](Oc2cccc(Cl)c2F)CC1. The summed E-state index contributed by atoms with van der Waals surface area (Å²) >= 11 is 10.8. The summed E-state index contributed by atoms with van der Waals surface area (Å²) in [6, 6.07) is 8.27. The second-order valence-corrected chi connectivity index (χ2v) is 9.97. The van der Waals surface area contributed by atoms with Gasteiger partial charge in [0.25, 0.3) is 0 Å². The fraction of sp³-hybridized carbons (Fsp3) is 0.318. The molecular formula is C22H21BrCl2FN3O3S. The van der Waals surface area contributed by atoms with E-state index >= 15 is 0 Å². The van der Waals surface area contributed by atoms with Crippen LogP contribution in [-0.2, 0) is 11.2 Å². The van der Waals surface area contributed by atoms with Gasteiger partial charge in [-0.1, -0.05) is 33.6 Å². The zero-order valence-electron chi connectivity index (χ0n) is 17.3. The zero-order valence-corrected chi connectivity index (χ0v) is 21.2.